The van der Waals surface area contributed by atoms with E-state index in [0.29, 0.717) is 6.04 Å². The number of primary sulfonamides is 1. The number of nitrogens with two attached hydrogens (primary N) is 1. The van der Waals surface area contributed by atoms with Gasteiger partial charge in [-0.25, -0.2) is 13.6 Å². The van der Waals surface area contributed by atoms with Gasteiger partial charge in [0, 0.05) is 12.6 Å². The molecule has 19 heavy (non-hydrogen) atoms. The average Bonchev–Trinajstić information content (AvgIpc) is 2.64. The van der Waals surface area contributed by atoms with Crippen molar-refractivity contribution >= 4 is 10.0 Å². The lowest BCUT2D eigenvalue weighted by atomic mass is 10.1. The van der Waals surface area contributed by atoms with Crippen molar-refractivity contribution in [3.8, 4) is 0 Å². The predicted octanol–water partition coefficient (Wildman–Crippen LogP) is 0.566. The molecule has 0 spiro atoms. The van der Waals surface area contributed by atoms with Crippen LogP contribution in [0.15, 0.2) is 29.2 Å². The third-order valence-electron chi connectivity index (χ3n) is 3.42. The molecule has 1 atom stereocenters. The van der Waals surface area contributed by atoms with Gasteiger partial charge in [-0.1, -0.05) is 12.1 Å². The van der Waals surface area contributed by atoms with Crippen molar-refractivity contribution in [3.63, 3.8) is 0 Å². The Morgan fingerprint density at radius 1 is 1.21 bits per heavy atom. The van der Waals surface area contributed by atoms with Crippen LogP contribution in [0.3, 0.4) is 0 Å². The van der Waals surface area contributed by atoms with Crippen molar-refractivity contribution in [2.45, 2.75) is 36.7 Å². The van der Waals surface area contributed by atoms with Crippen LogP contribution in [-0.4, -0.2) is 27.5 Å². The second kappa shape index (κ2) is 6.47. The van der Waals surface area contributed by atoms with Gasteiger partial charge in [0.05, 0.1) is 4.90 Å². The fourth-order valence-corrected chi connectivity index (χ4v) is 2.80. The molecule has 106 valence electrons. The Balaban J connectivity index is 1.89. The van der Waals surface area contributed by atoms with Crippen molar-refractivity contribution in [2.24, 2.45) is 5.14 Å². The largest absolute Gasteiger partial charge is 0.317 e. The number of hydrogen-bond acceptors (Lipinski definition) is 4. The van der Waals surface area contributed by atoms with Crippen molar-refractivity contribution in [2.75, 3.05) is 13.1 Å². The zero-order valence-electron chi connectivity index (χ0n) is 10.9. The van der Waals surface area contributed by atoms with Crippen LogP contribution in [0.1, 0.15) is 24.8 Å². The molecule has 0 bridgehead atoms. The summed E-state index contributed by atoms with van der Waals surface area (Å²) in [6.45, 7) is 2.92. The highest BCUT2D eigenvalue weighted by Gasteiger charge is 2.11. The van der Waals surface area contributed by atoms with Crippen LogP contribution >= 0.6 is 0 Å². The summed E-state index contributed by atoms with van der Waals surface area (Å²) >= 11 is 0. The highest BCUT2D eigenvalue weighted by atomic mass is 32.2. The van der Waals surface area contributed by atoms with Crippen LogP contribution in [0.2, 0.25) is 0 Å². The lowest BCUT2D eigenvalue weighted by Crippen LogP contribution is -2.29. The zero-order chi connectivity index (χ0) is 13.7. The minimum Gasteiger partial charge on any atom is -0.317 e. The molecule has 1 unspecified atom stereocenters. The lowest BCUT2D eigenvalue weighted by Gasteiger charge is -2.15. The number of nitrogens with one attached hydrogen (secondary N) is 2. The van der Waals surface area contributed by atoms with Crippen molar-refractivity contribution in [3.05, 3.63) is 29.8 Å². The summed E-state index contributed by atoms with van der Waals surface area (Å²) in [5, 5.41) is 12.0. The van der Waals surface area contributed by atoms with E-state index in [4.69, 9.17) is 5.14 Å². The molecule has 1 heterocycles. The normalized spacial score (nSPS) is 21.0. The van der Waals surface area contributed by atoms with Gasteiger partial charge in [0.15, 0.2) is 0 Å². The summed E-state index contributed by atoms with van der Waals surface area (Å²) in [7, 11) is -3.59. The average molecular weight is 283 g/mol. The third kappa shape index (κ3) is 4.58. The Bertz CT molecular complexity index is 491. The molecule has 1 aromatic carbocycles. The molecular formula is C13H21N3O2S. The maximum Gasteiger partial charge on any atom is 0.238 e. The number of hydrogen-bond donors (Lipinski definition) is 3. The highest BCUT2D eigenvalue weighted by molar-refractivity contribution is 7.89. The first-order valence-corrected chi connectivity index (χ1v) is 8.16. The van der Waals surface area contributed by atoms with E-state index < -0.39 is 10.0 Å². The van der Waals surface area contributed by atoms with Gasteiger partial charge in [-0.05, 0) is 50.0 Å². The molecule has 0 amide bonds. The molecule has 1 saturated heterocycles. The van der Waals surface area contributed by atoms with Gasteiger partial charge in [0.1, 0.15) is 0 Å². The number of benzene rings is 1. The second-order valence-electron chi connectivity index (χ2n) is 4.95. The summed E-state index contributed by atoms with van der Waals surface area (Å²) < 4.78 is 22.3. The standard InChI is InChI=1S/C13H21N3O2S/c14-19(17,18)13-5-3-11(4-6-13)10-16-12-2-1-8-15-9-7-12/h3-6,12,15-16H,1-2,7-10H2,(H2,14,17,18). The number of sulfonamides is 1. The molecule has 4 N–H and O–H groups in total. The van der Waals surface area contributed by atoms with Gasteiger partial charge in [-0.2, -0.15) is 0 Å². The first-order valence-electron chi connectivity index (χ1n) is 6.61. The van der Waals surface area contributed by atoms with Gasteiger partial charge in [0.2, 0.25) is 10.0 Å². The molecular weight excluding hydrogens is 262 g/mol. The Morgan fingerprint density at radius 2 is 1.95 bits per heavy atom. The maximum absolute atomic E-state index is 11.1. The predicted molar refractivity (Wildman–Crippen MR) is 75.2 cm³/mol. The van der Waals surface area contributed by atoms with E-state index in [9.17, 15) is 8.42 Å². The molecule has 0 saturated carbocycles. The molecule has 6 heteroatoms. The third-order valence-corrected chi connectivity index (χ3v) is 4.35. The van der Waals surface area contributed by atoms with Crippen molar-refractivity contribution in [1.29, 1.82) is 0 Å². The van der Waals surface area contributed by atoms with E-state index in [0.717, 1.165) is 31.6 Å². The minimum absolute atomic E-state index is 0.162. The highest BCUT2D eigenvalue weighted by Crippen LogP contribution is 2.10. The molecule has 0 radical (unpaired) electrons. The molecule has 2 rings (SSSR count). The van der Waals surface area contributed by atoms with E-state index in [1.807, 2.05) is 12.1 Å². The smallest absolute Gasteiger partial charge is 0.238 e. The van der Waals surface area contributed by atoms with E-state index in [2.05, 4.69) is 10.6 Å². The van der Waals surface area contributed by atoms with Gasteiger partial charge >= 0.3 is 0 Å². The van der Waals surface area contributed by atoms with E-state index >= 15 is 0 Å². The fourth-order valence-electron chi connectivity index (χ4n) is 2.28. The van der Waals surface area contributed by atoms with E-state index in [1.54, 1.807) is 12.1 Å². The van der Waals surface area contributed by atoms with Crippen molar-refractivity contribution in [1.82, 2.24) is 10.6 Å². The molecule has 1 fully saturated rings. The van der Waals surface area contributed by atoms with Crippen molar-refractivity contribution < 1.29 is 8.42 Å². The maximum atomic E-state index is 11.1. The van der Waals surface area contributed by atoms with E-state index in [1.165, 1.54) is 12.8 Å². The molecule has 0 aromatic heterocycles. The number of rotatable bonds is 4. The van der Waals surface area contributed by atoms with Gasteiger partial charge in [-0.3, -0.25) is 0 Å². The van der Waals surface area contributed by atoms with E-state index in [-0.39, 0.29) is 4.90 Å². The van der Waals surface area contributed by atoms with Crippen LogP contribution in [0.25, 0.3) is 0 Å². The second-order valence-corrected chi connectivity index (χ2v) is 6.51. The van der Waals surface area contributed by atoms with Gasteiger partial charge in [0.25, 0.3) is 0 Å². The monoisotopic (exact) mass is 283 g/mol. The quantitative estimate of drug-likeness (QED) is 0.754. The van der Waals surface area contributed by atoms with Gasteiger partial charge < -0.3 is 10.6 Å². The molecule has 0 aliphatic carbocycles. The Morgan fingerprint density at radius 3 is 2.63 bits per heavy atom. The molecule has 1 aliphatic heterocycles. The summed E-state index contributed by atoms with van der Waals surface area (Å²) in [5.41, 5.74) is 1.07. The molecule has 1 aromatic rings. The molecule has 1 aliphatic rings. The SMILES string of the molecule is NS(=O)(=O)c1ccc(CNC2CCCNCC2)cc1. The molecule has 5 nitrogen and oxygen atoms in total. The summed E-state index contributed by atoms with van der Waals surface area (Å²) in [4.78, 5) is 0.162. The lowest BCUT2D eigenvalue weighted by molar-refractivity contribution is 0.468. The zero-order valence-corrected chi connectivity index (χ0v) is 11.7. The van der Waals surface area contributed by atoms with Crippen LogP contribution in [0.4, 0.5) is 0 Å². The Hall–Kier alpha value is -0.950. The van der Waals surface area contributed by atoms with Crippen LogP contribution in [-0.2, 0) is 16.6 Å². The van der Waals surface area contributed by atoms with Crippen LogP contribution in [0.5, 0.6) is 0 Å². The van der Waals surface area contributed by atoms with Crippen LogP contribution in [0, 0.1) is 0 Å². The van der Waals surface area contributed by atoms with Crippen LogP contribution < -0.4 is 15.8 Å². The minimum atomic E-state index is -3.59. The van der Waals surface area contributed by atoms with Gasteiger partial charge in [-0.15, -0.1) is 0 Å². The fraction of sp³-hybridized carbons (Fsp3) is 0.538. The summed E-state index contributed by atoms with van der Waals surface area (Å²) in [6, 6.07) is 7.26. The Labute approximate surface area is 114 Å². The Kier molecular flexibility index (Phi) is 4.93. The first kappa shape index (κ1) is 14.5. The summed E-state index contributed by atoms with van der Waals surface area (Å²) in [6.07, 6.45) is 3.51. The topological polar surface area (TPSA) is 84.2 Å². The summed E-state index contributed by atoms with van der Waals surface area (Å²) in [5.74, 6) is 0. The first-order chi connectivity index (χ1) is 9.05.